The fourth-order valence-electron chi connectivity index (χ4n) is 4.75. The van der Waals surface area contributed by atoms with Crippen molar-refractivity contribution < 1.29 is 17.7 Å². The van der Waals surface area contributed by atoms with E-state index in [1.807, 2.05) is 17.0 Å². The predicted octanol–water partition coefficient (Wildman–Crippen LogP) is 3.63. The third-order valence-electron chi connectivity index (χ3n) is 7.08. The summed E-state index contributed by atoms with van der Waals surface area (Å²) in [7, 11) is -3.52. The van der Waals surface area contributed by atoms with E-state index in [9.17, 15) is 13.2 Å². The minimum atomic E-state index is -3.52. The molecule has 2 saturated heterocycles. The zero-order chi connectivity index (χ0) is 25.8. The number of aryl methyl sites for hydroxylation is 1. The first-order chi connectivity index (χ1) is 17.1. The largest absolute Gasteiger partial charge is 0.343 e. The number of nitrogens with zero attached hydrogens (tertiary/aromatic N) is 5. The summed E-state index contributed by atoms with van der Waals surface area (Å²) in [6.45, 7) is 10.5. The zero-order valence-corrected chi connectivity index (χ0v) is 23.8. The molecule has 3 heterocycles. The van der Waals surface area contributed by atoms with E-state index < -0.39 is 10.0 Å². The van der Waals surface area contributed by atoms with Gasteiger partial charge in [-0.3, -0.25) is 9.69 Å². The number of rotatable bonds is 7. The van der Waals surface area contributed by atoms with Gasteiger partial charge in [-0.05, 0) is 36.0 Å². The molecular formula is C26H40ClN5O4S. The number of benzene rings is 1. The topological polar surface area (TPSA) is 99.8 Å². The molecule has 0 atom stereocenters. The Morgan fingerprint density at radius 1 is 0.946 bits per heavy atom. The van der Waals surface area contributed by atoms with Crippen molar-refractivity contribution in [3.63, 3.8) is 0 Å². The van der Waals surface area contributed by atoms with Crippen LogP contribution >= 0.6 is 12.4 Å². The van der Waals surface area contributed by atoms with Gasteiger partial charge in [0.15, 0.2) is 5.82 Å². The van der Waals surface area contributed by atoms with Gasteiger partial charge < -0.3 is 9.42 Å². The van der Waals surface area contributed by atoms with Crippen LogP contribution in [0.3, 0.4) is 0 Å². The fraction of sp³-hybridized carbons (Fsp3) is 0.654. The summed E-state index contributed by atoms with van der Waals surface area (Å²) >= 11 is 0. The number of aromatic nitrogens is 2. The van der Waals surface area contributed by atoms with Crippen LogP contribution in [0.4, 0.5) is 0 Å². The number of hydrogen-bond donors (Lipinski definition) is 0. The first-order valence-electron chi connectivity index (χ1n) is 13.1. The molecule has 0 bridgehead atoms. The van der Waals surface area contributed by atoms with Gasteiger partial charge in [0.05, 0.1) is 11.4 Å². The average molecular weight is 554 g/mol. The molecule has 0 unspecified atom stereocenters. The maximum absolute atomic E-state index is 13.1. The average Bonchev–Trinajstić information content (AvgIpc) is 3.12. The first kappa shape index (κ1) is 29.5. The molecule has 0 aliphatic carbocycles. The summed E-state index contributed by atoms with van der Waals surface area (Å²) < 4.78 is 33.1. The van der Waals surface area contributed by atoms with Gasteiger partial charge in [-0.1, -0.05) is 50.9 Å². The molecule has 2 aliphatic heterocycles. The number of hydrogen-bond acceptors (Lipinski definition) is 7. The molecule has 0 saturated carbocycles. The van der Waals surface area contributed by atoms with Crippen LogP contribution in [0.5, 0.6) is 0 Å². The lowest BCUT2D eigenvalue weighted by Crippen LogP contribution is -2.48. The van der Waals surface area contributed by atoms with Crippen molar-refractivity contribution in [3.05, 3.63) is 41.5 Å². The van der Waals surface area contributed by atoms with Crippen molar-refractivity contribution in [1.29, 1.82) is 0 Å². The van der Waals surface area contributed by atoms with E-state index in [1.54, 1.807) is 16.4 Å². The van der Waals surface area contributed by atoms with Crippen LogP contribution in [0.15, 0.2) is 33.7 Å². The van der Waals surface area contributed by atoms with Crippen molar-refractivity contribution in [2.24, 2.45) is 0 Å². The predicted molar refractivity (Wildman–Crippen MR) is 144 cm³/mol. The Kier molecular flexibility index (Phi) is 10.1. The highest BCUT2D eigenvalue weighted by atomic mass is 35.5. The Bertz CT molecular complexity index is 1110. The van der Waals surface area contributed by atoms with Gasteiger partial charge in [0.2, 0.25) is 21.8 Å². The molecule has 0 N–H and O–H groups in total. The standard InChI is InChI=1S/C26H39N5O4S.ClH/c1-26(2,3)21-8-10-22(11-9-21)36(33,34)31-18-16-29(17-19-31)20-23-27-24(35-28-23)12-13-25(32)30-14-6-4-5-7-15-30;/h8-11H,4-7,12-20H2,1-3H3;1H. The number of halogens is 1. The van der Waals surface area contributed by atoms with E-state index in [0.29, 0.717) is 62.2 Å². The third kappa shape index (κ3) is 7.75. The molecule has 4 rings (SSSR count). The van der Waals surface area contributed by atoms with Crippen molar-refractivity contribution in [2.45, 2.75) is 76.2 Å². The zero-order valence-electron chi connectivity index (χ0n) is 22.2. The lowest BCUT2D eigenvalue weighted by molar-refractivity contribution is -0.131. The highest BCUT2D eigenvalue weighted by Crippen LogP contribution is 2.25. The molecule has 2 fully saturated rings. The lowest BCUT2D eigenvalue weighted by Gasteiger charge is -2.33. The molecule has 11 heteroatoms. The summed E-state index contributed by atoms with van der Waals surface area (Å²) in [4.78, 5) is 21.4. The van der Waals surface area contributed by atoms with E-state index in [0.717, 1.165) is 31.5 Å². The number of sulfonamides is 1. The smallest absolute Gasteiger partial charge is 0.243 e. The second kappa shape index (κ2) is 12.7. The van der Waals surface area contributed by atoms with Crippen molar-refractivity contribution in [3.8, 4) is 0 Å². The molecule has 2 aromatic rings. The number of piperazine rings is 1. The molecule has 1 aromatic heterocycles. The van der Waals surface area contributed by atoms with E-state index >= 15 is 0 Å². The van der Waals surface area contributed by atoms with Crippen molar-refractivity contribution in [2.75, 3.05) is 39.3 Å². The SMILES string of the molecule is CC(C)(C)c1ccc(S(=O)(=O)N2CCN(Cc3noc(CCC(=O)N4CCCCCC4)n3)CC2)cc1.Cl. The van der Waals surface area contributed by atoms with Gasteiger partial charge in [-0.15, -0.1) is 12.4 Å². The second-order valence-electron chi connectivity index (χ2n) is 10.9. The van der Waals surface area contributed by atoms with Gasteiger partial charge in [-0.25, -0.2) is 8.42 Å². The first-order valence-corrected chi connectivity index (χ1v) is 14.5. The summed E-state index contributed by atoms with van der Waals surface area (Å²) in [5.41, 5.74) is 1.09. The minimum absolute atomic E-state index is 0. The quantitative estimate of drug-likeness (QED) is 0.516. The Morgan fingerprint density at radius 3 is 2.16 bits per heavy atom. The van der Waals surface area contributed by atoms with E-state index in [4.69, 9.17) is 4.52 Å². The van der Waals surface area contributed by atoms with Crippen molar-refractivity contribution in [1.82, 2.24) is 24.2 Å². The molecular weight excluding hydrogens is 514 g/mol. The number of amides is 1. The number of carbonyl (C=O) groups excluding carboxylic acids is 1. The lowest BCUT2D eigenvalue weighted by atomic mass is 9.87. The van der Waals surface area contributed by atoms with E-state index in [1.165, 1.54) is 12.8 Å². The highest BCUT2D eigenvalue weighted by molar-refractivity contribution is 7.89. The van der Waals surface area contributed by atoms with Crippen LogP contribution in [0.2, 0.25) is 0 Å². The normalized spacial score (nSPS) is 18.3. The van der Waals surface area contributed by atoms with E-state index in [2.05, 4.69) is 35.8 Å². The molecule has 206 valence electrons. The van der Waals surface area contributed by atoms with Gasteiger partial charge in [0, 0.05) is 52.1 Å². The summed E-state index contributed by atoms with van der Waals surface area (Å²) in [6.07, 6.45) is 5.38. The third-order valence-corrected chi connectivity index (χ3v) is 8.99. The Balaban J connectivity index is 0.00000380. The molecule has 1 aromatic carbocycles. The maximum Gasteiger partial charge on any atom is 0.243 e. The Hall–Kier alpha value is -2.01. The summed E-state index contributed by atoms with van der Waals surface area (Å²) in [5.74, 6) is 1.21. The molecule has 0 radical (unpaired) electrons. The fourth-order valence-corrected chi connectivity index (χ4v) is 6.17. The van der Waals surface area contributed by atoms with Crippen LogP contribution in [0.1, 0.15) is 70.2 Å². The monoisotopic (exact) mass is 553 g/mol. The summed E-state index contributed by atoms with van der Waals surface area (Å²) in [5, 5.41) is 4.07. The Morgan fingerprint density at radius 2 is 1.57 bits per heavy atom. The molecule has 1 amide bonds. The van der Waals surface area contributed by atoms with Crippen LogP contribution in [0.25, 0.3) is 0 Å². The van der Waals surface area contributed by atoms with Gasteiger partial charge in [0.25, 0.3) is 0 Å². The number of carbonyl (C=O) groups is 1. The van der Waals surface area contributed by atoms with E-state index in [-0.39, 0.29) is 23.7 Å². The van der Waals surface area contributed by atoms with Gasteiger partial charge in [0.1, 0.15) is 0 Å². The minimum Gasteiger partial charge on any atom is -0.343 e. The molecule has 37 heavy (non-hydrogen) atoms. The van der Waals surface area contributed by atoms with Crippen LogP contribution in [-0.2, 0) is 33.2 Å². The molecule has 2 aliphatic rings. The number of likely N-dealkylation sites (tertiary alicyclic amines) is 1. The highest BCUT2D eigenvalue weighted by Gasteiger charge is 2.29. The van der Waals surface area contributed by atoms with Crippen LogP contribution in [-0.4, -0.2) is 77.8 Å². The molecule has 9 nitrogen and oxygen atoms in total. The van der Waals surface area contributed by atoms with Crippen LogP contribution < -0.4 is 0 Å². The van der Waals surface area contributed by atoms with Crippen LogP contribution in [0, 0.1) is 0 Å². The second-order valence-corrected chi connectivity index (χ2v) is 12.8. The molecule has 0 spiro atoms. The summed E-state index contributed by atoms with van der Waals surface area (Å²) in [6, 6.07) is 7.22. The van der Waals surface area contributed by atoms with Crippen molar-refractivity contribution >= 4 is 28.3 Å². The van der Waals surface area contributed by atoms with Gasteiger partial charge in [-0.2, -0.15) is 9.29 Å². The Labute approximate surface area is 227 Å². The maximum atomic E-state index is 13.1. The van der Waals surface area contributed by atoms with Gasteiger partial charge >= 0.3 is 0 Å².